The minimum absolute atomic E-state index is 0. The monoisotopic (exact) mass is 221 g/mol. The van der Waals surface area contributed by atoms with Gasteiger partial charge in [0.2, 0.25) is 0 Å². The first-order valence-corrected chi connectivity index (χ1v) is 2.19. The Hall–Kier alpha value is 1.73. The fourth-order valence-corrected chi connectivity index (χ4v) is 0. The Balaban J connectivity index is -0.0000000800. The van der Waals surface area contributed by atoms with Crippen molar-refractivity contribution in [2.45, 2.75) is 0 Å². The summed E-state index contributed by atoms with van der Waals surface area (Å²) in [4.78, 5) is 25.6. The maximum absolute atomic E-state index is 8.55. The second-order valence-electron chi connectivity index (χ2n) is 0.447. The molecule has 0 bridgehead atoms. The van der Waals surface area contributed by atoms with Gasteiger partial charge in [0.05, 0.1) is 0 Å². The van der Waals surface area contributed by atoms with E-state index in [1.165, 1.54) is 0 Å². The zero-order valence-corrected chi connectivity index (χ0v) is 7.95. The maximum Gasteiger partial charge on any atom is 3.00 e. The van der Waals surface area contributed by atoms with Gasteiger partial charge in [0.25, 0.3) is 0 Å². The molecular weight excluding hydrogens is 221 g/mol. The Morgan fingerprint density at radius 2 is 1.14 bits per heavy atom. The zero-order chi connectivity index (χ0) is 4.50. The van der Waals surface area contributed by atoms with Gasteiger partial charge in [-0.25, -0.2) is 0 Å². The van der Waals surface area contributed by atoms with E-state index in [4.69, 9.17) is 19.2 Å². The molecule has 0 unspecified atom stereocenters. The normalized spacial score (nSPS) is 8.43. The molecule has 0 aromatic carbocycles. The van der Waals surface area contributed by atoms with Crippen molar-refractivity contribution in [3.05, 3.63) is 0 Å². The topological polar surface area (TPSA) is 86.2 Å². The average Bonchev–Trinajstić information content (AvgIpc) is 0.722. The van der Waals surface area contributed by atoms with Crippen molar-refractivity contribution in [3.8, 4) is 0 Å². The molecule has 0 aliphatic rings. The van der Waals surface area contributed by atoms with Crippen molar-refractivity contribution in [3.63, 3.8) is 0 Å². The van der Waals surface area contributed by atoms with Gasteiger partial charge in [-0.05, 0) is 0 Å². The fourth-order valence-electron chi connectivity index (χ4n) is 0. The van der Waals surface area contributed by atoms with Crippen LogP contribution in [-0.2, 0) is 24.0 Å². The summed E-state index contributed by atoms with van der Waals surface area (Å²) in [5, 5.41) is 0. The summed E-state index contributed by atoms with van der Waals surface area (Å²) in [6.07, 6.45) is 0. The van der Waals surface area contributed by atoms with Crippen molar-refractivity contribution < 1.29 is 68.3 Å². The molecule has 0 aliphatic carbocycles. The molecule has 0 fully saturated rings. The molecule has 0 spiro atoms. The molecule has 0 N–H and O–H groups in total. The van der Waals surface area contributed by atoms with Crippen molar-refractivity contribution in [2.75, 3.05) is 0 Å². The Kier molecular flexibility index (Phi) is 13.3. The third-order valence-electron chi connectivity index (χ3n) is 0. The standard InChI is InChI=1S/Na.H3O4P.Rh/c;1-5(2,3)4;/h;(H3,1,2,3,4);/q+1;;+3/p-3. The molecule has 38 valence electrons. The molecule has 0 aliphatic heterocycles. The molecule has 7 heavy (non-hydrogen) atoms. The number of rotatable bonds is 0. The van der Waals surface area contributed by atoms with Gasteiger partial charge in [-0.15, -0.1) is 0 Å². The third-order valence-corrected chi connectivity index (χ3v) is 0. The van der Waals surface area contributed by atoms with Crippen molar-refractivity contribution in [1.82, 2.24) is 0 Å². The quantitative estimate of drug-likeness (QED) is 0.301. The van der Waals surface area contributed by atoms with Gasteiger partial charge in [-0.3, -0.25) is 0 Å². The van der Waals surface area contributed by atoms with Crippen LogP contribution in [0.2, 0.25) is 0 Å². The smallest absolute Gasteiger partial charge is 0.822 e. The molecule has 0 rings (SSSR count). The van der Waals surface area contributed by atoms with E-state index < -0.39 is 7.82 Å². The van der Waals surface area contributed by atoms with Gasteiger partial charge in [0.15, 0.2) is 0 Å². The molecule has 0 radical (unpaired) electrons. The summed E-state index contributed by atoms with van der Waals surface area (Å²) in [6, 6.07) is 0. The van der Waals surface area contributed by atoms with E-state index in [9.17, 15) is 0 Å². The predicted octanol–water partition coefficient (Wildman–Crippen LogP) is -5.82. The molecule has 0 heterocycles. The first-order valence-electron chi connectivity index (χ1n) is 0.730. The third kappa shape index (κ3) is 84.6. The van der Waals surface area contributed by atoms with E-state index in [0.29, 0.717) is 0 Å². The summed E-state index contributed by atoms with van der Waals surface area (Å²) in [5.41, 5.74) is 0. The SMILES string of the molecule is O=P([O-])([O-])[O-].[Na+].[Rh+3]. The van der Waals surface area contributed by atoms with Crippen LogP contribution < -0.4 is 44.2 Å². The summed E-state index contributed by atoms with van der Waals surface area (Å²) in [7, 11) is -5.39. The van der Waals surface area contributed by atoms with E-state index in [1.807, 2.05) is 0 Å². The van der Waals surface area contributed by atoms with E-state index in [0.717, 1.165) is 0 Å². The van der Waals surface area contributed by atoms with Crippen LogP contribution in [0.1, 0.15) is 0 Å². The minimum Gasteiger partial charge on any atom is -0.822 e. The molecule has 0 saturated heterocycles. The molecular formula is NaO4PRh+. The van der Waals surface area contributed by atoms with Gasteiger partial charge in [-0.1, -0.05) is 0 Å². The van der Waals surface area contributed by atoms with Crippen LogP contribution in [0.4, 0.5) is 0 Å². The second kappa shape index (κ2) is 5.86. The molecule has 7 heteroatoms. The summed E-state index contributed by atoms with van der Waals surface area (Å²) >= 11 is 0. The minimum atomic E-state index is -5.39. The first kappa shape index (κ1) is 15.9. The summed E-state index contributed by atoms with van der Waals surface area (Å²) in [5.74, 6) is 0. The Labute approximate surface area is 75.6 Å². The number of hydrogen-bond acceptors (Lipinski definition) is 4. The summed E-state index contributed by atoms with van der Waals surface area (Å²) < 4.78 is 8.55. The largest absolute Gasteiger partial charge is 3.00 e. The molecule has 0 atom stereocenters. The van der Waals surface area contributed by atoms with Crippen LogP contribution in [0.3, 0.4) is 0 Å². The second-order valence-corrected chi connectivity index (χ2v) is 1.34. The number of phosphoric acid groups is 1. The van der Waals surface area contributed by atoms with Crippen molar-refractivity contribution >= 4 is 7.82 Å². The van der Waals surface area contributed by atoms with E-state index in [-0.39, 0.29) is 49.0 Å². The Morgan fingerprint density at radius 3 is 1.14 bits per heavy atom. The molecule has 4 nitrogen and oxygen atoms in total. The molecule has 0 aromatic heterocycles. The van der Waals surface area contributed by atoms with Crippen molar-refractivity contribution in [1.29, 1.82) is 0 Å². The van der Waals surface area contributed by atoms with Crippen LogP contribution in [0.5, 0.6) is 0 Å². The maximum atomic E-state index is 8.55. The molecule has 0 amide bonds. The zero-order valence-electron chi connectivity index (χ0n) is 3.41. The van der Waals surface area contributed by atoms with E-state index in [1.54, 1.807) is 0 Å². The average molecular weight is 221 g/mol. The van der Waals surface area contributed by atoms with Gasteiger partial charge in [-0.2, -0.15) is 7.82 Å². The van der Waals surface area contributed by atoms with Gasteiger partial charge < -0.3 is 19.2 Å². The van der Waals surface area contributed by atoms with E-state index in [2.05, 4.69) is 0 Å². The van der Waals surface area contributed by atoms with Gasteiger partial charge >= 0.3 is 49.0 Å². The van der Waals surface area contributed by atoms with Gasteiger partial charge in [0, 0.05) is 0 Å². The van der Waals surface area contributed by atoms with Crippen LogP contribution in [0, 0.1) is 0 Å². The predicted molar refractivity (Wildman–Crippen MR) is 7.61 cm³/mol. The first-order chi connectivity index (χ1) is 2.00. The Morgan fingerprint density at radius 1 is 1.14 bits per heavy atom. The molecule has 0 saturated carbocycles. The molecule has 0 aromatic rings. The van der Waals surface area contributed by atoms with E-state index >= 15 is 0 Å². The van der Waals surface area contributed by atoms with Gasteiger partial charge in [0.1, 0.15) is 0 Å². The summed E-state index contributed by atoms with van der Waals surface area (Å²) in [6.45, 7) is 0. The Bertz CT molecular complexity index is 57.8. The van der Waals surface area contributed by atoms with Crippen LogP contribution in [0.15, 0.2) is 0 Å². The fraction of sp³-hybridized carbons (Fsp3) is 0. The van der Waals surface area contributed by atoms with Crippen LogP contribution in [-0.4, -0.2) is 0 Å². The van der Waals surface area contributed by atoms with Crippen molar-refractivity contribution in [2.24, 2.45) is 0 Å². The van der Waals surface area contributed by atoms with Crippen LogP contribution in [0.25, 0.3) is 0 Å². The van der Waals surface area contributed by atoms with Crippen LogP contribution >= 0.6 is 7.82 Å². The number of hydrogen-bond donors (Lipinski definition) is 0.